The van der Waals surface area contributed by atoms with Crippen LogP contribution in [0.25, 0.3) is 10.8 Å². The maximum absolute atomic E-state index is 13.0. The zero-order valence-corrected chi connectivity index (χ0v) is 16.8. The Balaban J connectivity index is 1.52. The van der Waals surface area contributed by atoms with E-state index in [2.05, 4.69) is 25.6 Å². The molecular formula is C21H21N5O2S. The van der Waals surface area contributed by atoms with Crippen LogP contribution in [0.3, 0.4) is 0 Å². The molecule has 0 spiro atoms. The number of nitrogens with one attached hydrogen (secondary N) is 2. The number of benzene rings is 1. The molecule has 1 aromatic carbocycles. The van der Waals surface area contributed by atoms with Crippen LogP contribution in [0.15, 0.2) is 48.8 Å². The number of carbonyl (C=O) groups excluding carboxylic acids is 2. The molecule has 0 radical (unpaired) electrons. The first-order valence-electron chi connectivity index (χ1n) is 9.50. The molecule has 2 amide bonds. The highest BCUT2D eigenvalue weighted by atomic mass is 32.1. The van der Waals surface area contributed by atoms with E-state index in [-0.39, 0.29) is 17.9 Å². The van der Waals surface area contributed by atoms with Crippen molar-refractivity contribution in [3.63, 3.8) is 0 Å². The molecule has 0 aliphatic heterocycles. The van der Waals surface area contributed by atoms with E-state index < -0.39 is 6.04 Å². The summed E-state index contributed by atoms with van der Waals surface area (Å²) in [5.74, 6) is 0.0134. The Hall–Kier alpha value is -3.13. The first kappa shape index (κ1) is 19.2. The average Bonchev–Trinajstić information content (AvgIpc) is 3.47. The summed E-state index contributed by atoms with van der Waals surface area (Å²) < 4.78 is 0. The number of nitrogens with zero attached hydrogens (tertiary/aromatic N) is 3. The van der Waals surface area contributed by atoms with Crippen molar-refractivity contribution in [3.05, 3.63) is 64.9 Å². The van der Waals surface area contributed by atoms with Gasteiger partial charge in [0.05, 0.1) is 5.69 Å². The molecule has 1 fully saturated rings. The fourth-order valence-electron chi connectivity index (χ4n) is 2.92. The van der Waals surface area contributed by atoms with E-state index >= 15 is 0 Å². The normalized spacial score (nSPS) is 14.2. The summed E-state index contributed by atoms with van der Waals surface area (Å²) in [5.41, 5.74) is 1.58. The zero-order chi connectivity index (χ0) is 20.2. The van der Waals surface area contributed by atoms with Crippen LogP contribution < -0.4 is 10.6 Å². The number of thiazole rings is 1. The number of aromatic nitrogens is 3. The van der Waals surface area contributed by atoms with E-state index in [9.17, 15) is 9.59 Å². The average molecular weight is 407 g/mol. The number of rotatable bonds is 7. The van der Waals surface area contributed by atoms with Gasteiger partial charge in [0.15, 0.2) is 10.8 Å². The highest BCUT2D eigenvalue weighted by molar-refractivity contribution is 7.17. The molecule has 0 saturated heterocycles. The summed E-state index contributed by atoms with van der Waals surface area (Å²) in [6.45, 7) is 1.77. The number of amides is 2. The minimum Gasteiger partial charge on any atom is -0.352 e. The third kappa shape index (κ3) is 4.83. The van der Waals surface area contributed by atoms with Gasteiger partial charge in [-0.1, -0.05) is 30.3 Å². The molecule has 3 aromatic rings. The van der Waals surface area contributed by atoms with Gasteiger partial charge in [0.25, 0.3) is 5.91 Å². The molecule has 8 heteroatoms. The van der Waals surface area contributed by atoms with Crippen molar-refractivity contribution in [2.75, 3.05) is 0 Å². The Morgan fingerprint density at radius 1 is 1.14 bits per heavy atom. The lowest BCUT2D eigenvalue weighted by molar-refractivity contribution is -0.123. The molecule has 2 aromatic heterocycles. The van der Waals surface area contributed by atoms with Crippen LogP contribution in [0.5, 0.6) is 0 Å². The fraction of sp³-hybridized carbons (Fsp3) is 0.286. The topological polar surface area (TPSA) is 96.9 Å². The predicted molar refractivity (Wildman–Crippen MR) is 110 cm³/mol. The SMILES string of the molecule is Cc1nc(-c2ncccn2)sc1C(=O)NC(Cc1ccccc1)C(=O)NC1CC1. The van der Waals surface area contributed by atoms with Crippen molar-refractivity contribution in [2.24, 2.45) is 0 Å². The summed E-state index contributed by atoms with van der Waals surface area (Å²) in [6, 6.07) is 11.0. The highest BCUT2D eigenvalue weighted by Crippen LogP contribution is 2.25. The molecule has 1 unspecified atom stereocenters. The van der Waals surface area contributed by atoms with E-state index in [0.29, 0.717) is 27.8 Å². The molecule has 4 rings (SSSR count). The Bertz CT molecular complexity index is 1000. The lowest BCUT2D eigenvalue weighted by Gasteiger charge is -2.18. The van der Waals surface area contributed by atoms with E-state index in [4.69, 9.17) is 0 Å². The maximum Gasteiger partial charge on any atom is 0.263 e. The smallest absolute Gasteiger partial charge is 0.263 e. The van der Waals surface area contributed by atoms with Gasteiger partial charge in [0.1, 0.15) is 10.9 Å². The van der Waals surface area contributed by atoms with Gasteiger partial charge >= 0.3 is 0 Å². The molecule has 1 aliphatic carbocycles. The lowest BCUT2D eigenvalue weighted by Crippen LogP contribution is -2.48. The highest BCUT2D eigenvalue weighted by Gasteiger charge is 2.29. The van der Waals surface area contributed by atoms with Gasteiger partial charge in [-0.05, 0) is 31.4 Å². The monoisotopic (exact) mass is 407 g/mol. The van der Waals surface area contributed by atoms with E-state index in [1.165, 1.54) is 11.3 Å². The maximum atomic E-state index is 13.0. The van der Waals surface area contributed by atoms with E-state index in [1.54, 1.807) is 25.4 Å². The van der Waals surface area contributed by atoms with Crippen molar-refractivity contribution < 1.29 is 9.59 Å². The summed E-state index contributed by atoms with van der Waals surface area (Å²) >= 11 is 1.23. The molecule has 7 nitrogen and oxygen atoms in total. The standard InChI is InChI=1S/C21H21N5O2S/c1-13-17(29-21(24-13)18-22-10-5-11-23-18)20(28)26-16(19(27)25-15-8-9-15)12-14-6-3-2-4-7-14/h2-7,10-11,15-16H,8-9,12H2,1H3,(H,25,27)(H,26,28). The largest absolute Gasteiger partial charge is 0.352 e. The van der Waals surface area contributed by atoms with Gasteiger partial charge in [-0.2, -0.15) is 0 Å². The number of hydrogen-bond donors (Lipinski definition) is 2. The Morgan fingerprint density at radius 2 is 1.86 bits per heavy atom. The molecule has 2 N–H and O–H groups in total. The summed E-state index contributed by atoms with van der Waals surface area (Å²) in [7, 11) is 0. The van der Waals surface area contributed by atoms with Gasteiger partial charge in [-0.25, -0.2) is 15.0 Å². The number of hydrogen-bond acceptors (Lipinski definition) is 6. The quantitative estimate of drug-likeness (QED) is 0.627. The molecule has 1 saturated carbocycles. The van der Waals surface area contributed by atoms with Gasteiger partial charge in [0, 0.05) is 24.9 Å². The van der Waals surface area contributed by atoms with E-state index in [1.807, 2.05) is 30.3 Å². The van der Waals surface area contributed by atoms with Gasteiger partial charge in [-0.3, -0.25) is 9.59 Å². The second-order valence-electron chi connectivity index (χ2n) is 7.00. The third-order valence-electron chi connectivity index (χ3n) is 4.59. The third-order valence-corrected chi connectivity index (χ3v) is 5.74. The van der Waals surface area contributed by atoms with Gasteiger partial charge < -0.3 is 10.6 Å². The lowest BCUT2D eigenvalue weighted by atomic mass is 10.0. The molecule has 2 heterocycles. The molecule has 29 heavy (non-hydrogen) atoms. The van der Waals surface area contributed by atoms with Crippen LogP contribution >= 0.6 is 11.3 Å². The van der Waals surface area contributed by atoms with Gasteiger partial charge in [0.2, 0.25) is 5.91 Å². The van der Waals surface area contributed by atoms with Crippen molar-refractivity contribution in [3.8, 4) is 10.8 Å². The molecule has 148 valence electrons. The van der Waals surface area contributed by atoms with Crippen LogP contribution in [0.1, 0.15) is 33.8 Å². The fourth-order valence-corrected chi connectivity index (χ4v) is 3.84. The predicted octanol–water partition coefficient (Wildman–Crippen LogP) is 2.53. The van der Waals surface area contributed by atoms with Crippen molar-refractivity contribution >= 4 is 23.2 Å². The summed E-state index contributed by atoms with van der Waals surface area (Å²) in [5, 5.41) is 6.47. The van der Waals surface area contributed by atoms with Gasteiger partial charge in [-0.15, -0.1) is 11.3 Å². The van der Waals surface area contributed by atoms with Crippen LogP contribution in [0.2, 0.25) is 0 Å². The van der Waals surface area contributed by atoms with E-state index in [0.717, 1.165) is 18.4 Å². The van der Waals surface area contributed by atoms with Crippen molar-refractivity contribution in [2.45, 2.75) is 38.3 Å². The van der Waals surface area contributed by atoms with Crippen LogP contribution in [0, 0.1) is 6.92 Å². The minimum atomic E-state index is -0.650. The zero-order valence-electron chi connectivity index (χ0n) is 16.0. The van der Waals surface area contributed by atoms with Crippen LogP contribution in [-0.4, -0.2) is 38.8 Å². The molecular weight excluding hydrogens is 386 g/mol. The summed E-state index contributed by atoms with van der Waals surface area (Å²) in [4.78, 5) is 38.9. The Morgan fingerprint density at radius 3 is 2.55 bits per heavy atom. The first-order chi connectivity index (χ1) is 14.1. The van der Waals surface area contributed by atoms with Crippen molar-refractivity contribution in [1.82, 2.24) is 25.6 Å². The van der Waals surface area contributed by atoms with Crippen LogP contribution in [0.4, 0.5) is 0 Å². The van der Waals surface area contributed by atoms with Crippen LogP contribution in [-0.2, 0) is 11.2 Å². The molecule has 1 atom stereocenters. The Labute approximate surface area is 172 Å². The number of aryl methyl sites for hydroxylation is 1. The number of carbonyl (C=O) groups is 2. The second-order valence-corrected chi connectivity index (χ2v) is 8.00. The Kier molecular flexibility index (Phi) is 5.62. The molecule has 1 aliphatic rings. The van der Waals surface area contributed by atoms with Crippen molar-refractivity contribution in [1.29, 1.82) is 0 Å². The molecule has 0 bridgehead atoms. The first-order valence-corrected chi connectivity index (χ1v) is 10.3. The minimum absolute atomic E-state index is 0.154. The summed E-state index contributed by atoms with van der Waals surface area (Å²) in [6.07, 6.45) is 5.68. The second kappa shape index (κ2) is 8.48.